The third kappa shape index (κ3) is 5.52. The molecule has 0 bridgehead atoms. The molecule has 0 fully saturated rings. The van der Waals surface area contributed by atoms with E-state index in [4.69, 9.17) is 28.2 Å². The summed E-state index contributed by atoms with van der Waals surface area (Å²) in [7, 11) is 0. The molecule has 25 heavy (non-hydrogen) atoms. The van der Waals surface area contributed by atoms with E-state index in [1.165, 1.54) is 12.8 Å². The van der Waals surface area contributed by atoms with Crippen LogP contribution in [0, 0.1) is 5.41 Å². The van der Waals surface area contributed by atoms with Crippen LogP contribution in [0.25, 0.3) is 5.65 Å². The molecule has 2 aromatic heterocycles. The fourth-order valence-corrected chi connectivity index (χ4v) is 4.17. The van der Waals surface area contributed by atoms with Gasteiger partial charge in [0.2, 0.25) is 0 Å². The minimum Gasteiger partial charge on any atom is -0.365 e. The van der Waals surface area contributed by atoms with Gasteiger partial charge >= 0.3 is 0 Å². The second kappa shape index (κ2) is 7.75. The zero-order valence-electron chi connectivity index (χ0n) is 16.3. The maximum atomic E-state index is 6.39. The number of nitrogens with one attached hydrogen (secondary N) is 1. The molecule has 3 nitrogen and oxygen atoms in total. The smallest absolute Gasteiger partial charge is 0.157 e. The summed E-state index contributed by atoms with van der Waals surface area (Å²) < 4.78 is 2.01. The molecular weight excluding hydrogens is 353 g/mol. The average molecular weight is 384 g/mol. The Morgan fingerprint density at radius 2 is 1.80 bits per heavy atom. The number of aryl methyl sites for hydroxylation is 1. The Hall–Kier alpha value is -0.930. The van der Waals surface area contributed by atoms with Crippen molar-refractivity contribution in [3.8, 4) is 0 Å². The Bertz CT molecular complexity index is 727. The van der Waals surface area contributed by atoms with Crippen molar-refractivity contribution in [1.82, 2.24) is 9.38 Å². The number of imidazole rings is 1. The fourth-order valence-electron chi connectivity index (χ4n) is 3.66. The quantitative estimate of drug-likeness (QED) is 0.521. The molecular formula is C20H31Cl2N3. The number of hydrogen-bond acceptors (Lipinski definition) is 2. The number of aromatic nitrogens is 2. The number of hydrogen-bond donors (Lipinski definition) is 1. The number of pyridine rings is 1. The van der Waals surface area contributed by atoms with E-state index in [1.807, 2.05) is 10.6 Å². The first-order chi connectivity index (χ1) is 11.5. The summed E-state index contributed by atoms with van der Waals surface area (Å²) in [5, 5.41) is 4.94. The molecule has 0 aliphatic rings. The van der Waals surface area contributed by atoms with Crippen molar-refractivity contribution in [3.63, 3.8) is 0 Å². The van der Waals surface area contributed by atoms with Gasteiger partial charge in [-0.05, 0) is 44.6 Å². The van der Waals surface area contributed by atoms with E-state index in [0.29, 0.717) is 10.0 Å². The van der Waals surface area contributed by atoms with E-state index in [0.717, 1.165) is 36.4 Å². The summed E-state index contributed by atoms with van der Waals surface area (Å²) in [4.78, 5) is 4.82. The molecule has 1 N–H and O–H groups in total. The van der Waals surface area contributed by atoms with E-state index in [1.54, 1.807) is 6.07 Å². The van der Waals surface area contributed by atoms with Crippen molar-refractivity contribution in [2.75, 3.05) is 5.32 Å². The predicted octanol–water partition coefficient (Wildman–Crippen LogP) is 7.00. The molecule has 2 aromatic rings. The summed E-state index contributed by atoms with van der Waals surface area (Å²) in [6, 6.07) is 1.76. The summed E-state index contributed by atoms with van der Waals surface area (Å²) in [6.45, 7) is 13.5. The van der Waals surface area contributed by atoms with Gasteiger partial charge in [-0.3, -0.25) is 4.40 Å². The highest BCUT2D eigenvalue weighted by atomic mass is 35.5. The molecule has 0 atom stereocenters. The number of anilines is 1. The summed E-state index contributed by atoms with van der Waals surface area (Å²) >= 11 is 12.6. The van der Waals surface area contributed by atoms with Gasteiger partial charge in [0.1, 0.15) is 5.82 Å². The maximum Gasteiger partial charge on any atom is 0.157 e. The third-order valence-electron chi connectivity index (χ3n) is 4.16. The van der Waals surface area contributed by atoms with Crippen LogP contribution in [0.4, 0.5) is 5.82 Å². The number of nitrogens with zero attached hydrogens (tertiary/aromatic N) is 2. The monoisotopic (exact) mass is 383 g/mol. The van der Waals surface area contributed by atoms with E-state index < -0.39 is 0 Å². The first-order valence-corrected chi connectivity index (χ1v) is 9.92. The third-order valence-corrected chi connectivity index (χ3v) is 4.64. The highest BCUT2D eigenvalue weighted by Crippen LogP contribution is 2.33. The Morgan fingerprint density at radius 3 is 2.40 bits per heavy atom. The molecule has 0 unspecified atom stereocenters. The van der Waals surface area contributed by atoms with Crippen molar-refractivity contribution in [2.45, 2.75) is 79.2 Å². The molecule has 0 aliphatic heterocycles. The number of fused-ring (bicyclic) bond motifs is 1. The molecule has 0 aromatic carbocycles. The van der Waals surface area contributed by atoms with Crippen molar-refractivity contribution in [3.05, 3.63) is 28.0 Å². The highest BCUT2D eigenvalue weighted by Gasteiger charge is 2.28. The van der Waals surface area contributed by atoms with Crippen LogP contribution in [0.15, 0.2) is 12.3 Å². The zero-order chi connectivity index (χ0) is 18.8. The molecule has 2 heterocycles. The van der Waals surface area contributed by atoms with Gasteiger partial charge in [0.15, 0.2) is 5.65 Å². The molecule has 0 saturated heterocycles. The van der Waals surface area contributed by atoms with Gasteiger partial charge in [-0.1, -0.05) is 63.7 Å². The lowest BCUT2D eigenvalue weighted by Gasteiger charge is -2.34. The Balaban J connectivity index is 2.45. The van der Waals surface area contributed by atoms with Gasteiger partial charge in [-0.15, -0.1) is 0 Å². The normalized spacial score (nSPS) is 12.8. The van der Waals surface area contributed by atoms with Crippen LogP contribution in [0.3, 0.4) is 0 Å². The van der Waals surface area contributed by atoms with E-state index >= 15 is 0 Å². The lowest BCUT2D eigenvalue weighted by molar-refractivity contribution is 0.301. The number of unbranched alkanes of at least 4 members (excludes halogenated alkanes) is 2. The molecule has 0 radical (unpaired) electrons. The van der Waals surface area contributed by atoms with Gasteiger partial charge < -0.3 is 5.32 Å². The van der Waals surface area contributed by atoms with Gasteiger partial charge in [0.05, 0.1) is 15.7 Å². The van der Waals surface area contributed by atoms with Crippen LogP contribution < -0.4 is 5.32 Å². The van der Waals surface area contributed by atoms with Crippen LogP contribution in [-0.4, -0.2) is 14.9 Å². The van der Waals surface area contributed by atoms with Gasteiger partial charge in [-0.2, -0.15) is 0 Å². The Kier molecular flexibility index (Phi) is 6.32. The summed E-state index contributed by atoms with van der Waals surface area (Å²) in [5.74, 6) is 1.02. The molecule has 5 heteroatoms. The Labute approximate surface area is 162 Å². The predicted molar refractivity (Wildman–Crippen MR) is 110 cm³/mol. The molecule has 140 valence electrons. The second-order valence-electron chi connectivity index (χ2n) is 8.81. The fraction of sp³-hybridized carbons (Fsp3) is 0.650. The first-order valence-electron chi connectivity index (χ1n) is 9.16. The lowest BCUT2D eigenvalue weighted by Crippen LogP contribution is -2.36. The molecule has 0 aliphatic carbocycles. The molecule has 2 rings (SSSR count). The minimum absolute atomic E-state index is 0.0670. The van der Waals surface area contributed by atoms with Crippen molar-refractivity contribution in [2.24, 2.45) is 5.41 Å². The second-order valence-corrected chi connectivity index (χ2v) is 9.65. The van der Waals surface area contributed by atoms with E-state index in [2.05, 4.69) is 46.9 Å². The van der Waals surface area contributed by atoms with Crippen LogP contribution in [0.2, 0.25) is 10.0 Å². The topological polar surface area (TPSA) is 29.3 Å². The minimum atomic E-state index is -0.0670. The van der Waals surface area contributed by atoms with Crippen molar-refractivity contribution >= 4 is 34.7 Å². The highest BCUT2D eigenvalue weighted by molar-refractivity contribution is 6.36. The average Bonchev–Trinajstić information content (AvgIpc) is 2.75. The molecule has 0 spiro atoms. The van der Waals surface area contributed by atoms with Crippen LogP contribution in [0.1, 0.15) is 72.9 Å². The van der Waals surface area contributed by atoms with Crippen molar-refractivity contribution in [1.29, 1.82) is 0 Å². The van der Waals surface area contributed by atoms with Gasteiger partial charge in [0, 0.05) is 11.7 Å². The van der Waals surface area contributed by atoms with Gasteiger partial charge in [-0.25, -0.2) is 4.98 Å². The van der Waals surface area contributed by atoms with Crippen molar-refractivity contribution < 1.29 is 0 Å². The zero-order valence-corrected chi connectivity index (χ0v) is 17.9. The van der Waals surface area contributed by atoms with E-state index in [-0.39, 0.29) is 11.0 Å². The first kappa shape index (κ1) is 20.4. The number of rotatable bonds is 7. The van der Waals surface area contributed by atoms with Gasteiger partial charge in [0.25, 0.3) is 0 Å². The number of halogens is 2. The summed E-state index contributed by atoms with van der Waals surface area (Å²) in [5.41, 5.74) is 2.00. The lowest BCUT2D eigenvalue weighted by atomic mass is 9.82. The SMILES string of the molecule is CCCCCc1nc2c(Cl)cc(Cl)cn2c1NC(C)(C)CC(C)(C)C. The summed E-state index contributed by atoms with van der Waals surface area (Å²) in [6.07, 6.45) is 7.40. The molecule has 0 amide bonds. The van der Waals surface area contributed by atoms with Crippen LogP contribution in [0.5, 0.6) is 0 Å². The standard InChI is InChI=1S/C20H31Cl2N3/c1-7-8-9-10-16-18(24-20(5,6)13-19(2,3)4)25-12-14(21)11-15(22)17(25)23-16/h11-12,24H,7-10,13H2,1-6H3. The largest absolute Gasteiger partial charge is 0.365 e. The van der Waals surface area contributed by atoms with Crippen LogP contribution in [-0.2, 0) is 6.42 Å². The Morgan fingerprint density at radius 1 is 1.12 bits per heavy atom. The van der Waals surface area contributed by atoms with Crippen LogP contribution >= 0.6 is 23.2 Å². The molecule has 0 saturated carbocycles. The maximum absolute atomic E-state index is 6.39. The van der Waals surface area contributed by atoms with E-state index in [9.17, 15) is 0 Å².